The van der Waals surface area contributed by atoms with Gasteiger partial charge in [-0.25, -0.2) is 5.32 Å². The second kappa shape index (κ2) is 2.82. The van der Waals surface area contributed by atoms with Crippen molar-refractivity contribution in [2.45, 2.75) is 18.6 Å². The van der Waals surface area contributed by atoms with Crippen LogP contribution in [0.4, 0.5) is 0 Å². The predicted molar refractivity (Wildman–Crippen MR) is 49.6 cm³/mol. The maximum atomic E-state index is 5.69. The van der Waals surface area contributed by atoms with E-state index in [1.54, 1.807) is 0 Å². The summed E-state index contributed by atoms with van der Waals surface area (Å²) in [5, 5.41) is 4.61. The van der Waals surface area contributed by atoms with Crippen LogP contribution in [0, 0.1) is 0 Å². The van der Waals surface area contributed by atoms with Gasteiger partial charge in [-0.3, -0.25) is 0 Å². The minimum Gasteiger partial charge on any atom is -0.374 e. The van der Waals surface area contributed by atoms with E-state index in [2.05, 4.69) is 29.6 Å². The van der Waals surface area contributed by atoms with E-state index in [1.807, 2.05) is 0 Å². The fourth-order valence-electron chi connectivity index (χ4n) is 2.30. The lowest BCUT2D eigenvalue weighted by Crippen LogP contribution is -2.35. The van der Waals surface area contributed by atoms with Gasteiger partial charge in [-0.2, -0.15) is 0 Å². The average Bonchev–Trinajstić information content (AvgIpc) is 2.56. The zero-order valence-electron chi connectivity index (χ0n) is 7.44. The van der Waals surface area contributed by atoms with Crippen LogP contribution >= 0.6 is 0 Å². The van der Waals surface area contributed by atoms with Crippen molar-refractivity contribution in [1.82, 2.24) is 5.32 Å². The van der Waals surface area contributed by atoms with Crippen LogP contribution in [0.15, 0.2) is 24.3 Å². The zero-order chi connectivity index (χ0) is 8.67. The molecular formula is C11H12NO. The Balaban J connectivity index is 2.01. The Kier molecular flexibility index (Phi) is 1.64. The molecule has 1 heterocycles. The number of benzene rings is 1. The summed E-state index contributed by atoms with van der Waals surface area (Å²) in [5.74, 6) is 0. The first-order chi connectivity index (χ1) is 6.45. The fraction of sp³-hybridized carbons (Fsp3) is 0.455. The number of rotatable bonds is 0. The lowest BCUT2D eigenvalue weighted by molar-refractivity contribution is 0.00305. The van der Waals surface area contributed by atoms with Crippen molar-refractivity contribution < 1.29 is 4.74 Å². The highest BCUT2D eigenvalue weighted by atomic mass is 16.5. The van der Waals surface area contributed by atoms with Gasteiger partial charge in [-0.05, 0) is 11.1 Å². The SMILES string of the molecule is c1ccc2c(c1)C[C@H]1OCC[N][C@@H]21. The van der Waals surface area contributed by atoms with Gasteiger partial charge in [0.25, 0.3) is 0 Å². The third kappa shape index (κ3) is 1.10. The average molecular weight is 174 g/mol. The van der Waals surface area contributed by atoms with Crippen LogP contribution in [-0.2, 0) is 11.2 Å². The van der Waals surface area contributed by atoms with Crippen LogP contribution in [0.25, 0.3) is 0 Å². The van der Waals surface area contributed by atoms with Crippen LogP contribution in [-0.4, -0.2) is 19.3 Å². The first-order valence-corrected chi connectivity index (χ1v) is 4.81. The number of ether oxygens (including phenoxy) is 1. The first kappa shape index (κ1) is 7.54. The molecule has 2 nitrogen and oxygen atoms in total. The molecule has 1 aromatic carbocycles. The molecule has 0 spiro atoms. The molecule has 0 aromatic heterocycles. The monoisotopic (exact) mass is 174 g/mol. The molecule has 13 heavy (non-hydrogen) atoms. The topological polar surface area (TPSA) is 23.3 Å². The molecule has 1 aliphatic heterocycles. The Morgan fingerprint density at radius 3 is 3.23 bits per heavy atom. The third-order valence-corrected chi connectivity index (χ3v) is 2.90. The second-order valence-corrected chi connectivity index (χ2v) is 3.66. The van der Waals surface area contributed by atoms with Crippen molar-refractivity contribution >= 4 is 0 Å². The predicted octanol–water partition coefficient (Wildman–Crippen LogP) is 1.29. The van der Waals surface area contributed by atoms with E-state index in [1.165, 1.54) is 11.1 Å². The maximum absolute atomic E-state index is 5.69. The molecule has 1 aliphatic carbocycles. The molecule has 0 N–H and O–H groups in total. The second-order valence-electron chi connectivity index (χ2n) is 3.66. The van der Waals surface area contributed by atoms with E-state index >= 15 is 0 Å². The Morgan fingerprint density at radius 1 is 1.31 bits per heavy atom. The van der Waals surface area contributed by atoms with Crippen molar-refractivity contribution in [1.29, 1.82) is 0 Å². The Hall–Kier alpha value is -0.860. The summed E-state index contributed by atoms with van der Waals surface area (Å²) in [6.45, 7) is 1.66. The molecule has 0 unspecified atom stereocenters. The number of nitrogens with zero attached hydrogens (tertiary/aromatic N) is 1. The van der Waals surface area contributed by atoms with Crippen LogP contribution in [0.1, 0.15) is 17.2 Å². The van der Waals surface area contributed by atoms with Crippen LogP contribution in [0.3, 0.4) is 0 Å². The molecule has 67 valence electrons. The van der Waals surface area contributed by atoms with Gasteiger partial charge in [0.2, 0.25) is 0 Å². The van der Waals surface area contributed by atoms with Crippen molar-refractivity contribution in [2.24, 2.45) is 0 Å². The molecule has 1 saturated heterocycles. The summed E-state index contributed by atoms with van der Waals surface area (Å²) in [6.07, 6.45) is 1.37. The van der Waals surface area contributed by atoms with E-state index in [0.717, 1.165) is 19.6 Å². The van der Waals surface area contributed by atoms with E-state index < -0.39 is 0 Å². The van der Waals surface area contributed by atoms with Crippen LogP contribution in [0.2, 0.25) is 0 Å². The van der Waals surface area contributed by atoms with Gasteiger partial charge < -0.3 is 4.74 Å². The van der Waals surface area contributed by atoms with Crippen molar-refractivity contribution in [2.75, 3.05) is 13.2 Å². The molecule has 1 fully saturated rings. The Labute approximate surface area is 77.9 Å². The molecule has 1 aromatic rings. The highest BCUT2D eigenvalue weighted by Gasteiger charge is 2.35. The van der Waals surface area contributed by atoms with Gasteiger partial charge in [-0.15, -0.1) is 0 Å². The van der Waals surface area contributed by atoms with Crippen LogP contribution in [0.5, 0.6) is 0 Å². The summed E-state index contributed by atoms with van der Waals surface area (Å²) in [6, 6.07) is 8.87. The lowest BCUT2D eigenvalue weighted by atomic mass is 10.1. The zero-order valence-corrected chi connectivity index (χ0v) is 7.44. The summed E-state index contributed by atoms with van der Waals surface area (Å²) < 4.78 is 5.69. The van der Waals surface area contributed by atoms with Gasteiger partial charge in [0.05, 0.1) is 18.8 Å². The molecule has 1 radical (unpaired) electrons. The van der Waals surface area contributed by atoms with E-state index in [0.29, 0.717) is 12.1 Å². The molecule has 2 aliphatic rings. The van der Waals surface area contributed by atoms with Gasteiger partial charge >= 0.3 is 0 Å². The highest BCUT2D eigenvalue weighted by molar-refractivity contribution is 5.36. The highest BCUT2D eigenvalue weighted by Crippen LogP contribution is 2.35. The summed E-state index contributed by atoms with van der Waals surface area (Å²) in [4.78, 5) is 0. The molecule has 3 rings (SSSR count). The molecular weight excluding hydrogens is 162 g/mol. The largest absolute Gasteiger partial charge is 0.374 e. The smallest absolute Gasteiger partial charge is 0.0826 e. The van der Waals surface area contributed by atoms with Crippen molar-refractivity contribution in [3.05, 3.63) is 35.4 Å². The molecule has 0 amide bonds. The molecule has 0 bridgehead atoms. The summed E-state index contributed by atoms with van der Waals surface area (Å²) >= 11 is 0. The normalized spacial score (nSPS) is 31.1. The van der Waals surface area contributed by atoms with Crippen molar-refractivity contribution in [3.63, 3.8) is 0 Å². The first-order valence-electron chi connectivity index (χ1n) is 4.81. The molecule has 2 heteroatoms. The fourth-order valence-corrected chi connectivity index (χ4v) is 2.30. The number of hydrogen-bond acceptors (Lipinski definition) is 1. The minimum atomic E-state index is 0.324. The van der Waals surface area contributed by atoms with Gasteiger partial charge in [0.15, 0.2) is 0 Å². The Morgan fingerprint density at radius 2 is 2.23 bits per heavy atom. The summed E-state index contributed by atoms with van der Waals surface area (Å²) in [5.41, 5.74) is 2.80. The summed E-state index contributed by atoms with van der Waals surface area (Å²) in [7, 11) is 0. The lowest BCUT2D eigenvalue weighted by Gasteiger charge is -2.25. The van der Waals surface area contributed by atoms with Gasteiger partial charge in [0, 0.05) is 13.0 Å². The van der Waals surface area contributed by atoms with Gasteiger partial charge in [-0.1, -0.05) is 24.3 Å². The number of hydrogen-bond donors (Lipinski definition) is 0. The standard InChI is InChI=1S/C11H12NO/c1-2-4-9-8(3-1)7-10-11(9)12-5-6-13-10/h1-4,10-11H,5-7H2/t10-,11+/m1/s1. The van der Waals surface area contributed by atoms with Gasteiger partial charge in [0.1, 0.15) is 0 Å². The van der Waals surface area contributed by atoms with E-state index in [9.17, 15) is 0 Å². The number of fused-ring (bicyclic) bond motifs is 3. The van der Waals surface area contributed by atoms with Crippen LogP contribution < -0.4 is 5.32 Å². The third-order valence-electron chi connectivity index (χ3n) is 2.90. The molecule has 2 atom stereocenters. The quantitative estimate of drug-likeness (QED) is 0.581. The van der Waals surface area contributed by atoms with Crippen molar-refractivity contribution in [3.8, 4) is 0 Å². The molecule has 0 saturated carbocycles. The van der Waals surface area contributed by atoms with E-state index in [4.69, 9.17) is 4.74 Å². The maximum Gasteiger partial charge on any atom is 0.0826 e. The Bertz CT molecular complexity index is 324. The van der Waals surface area contributed by atoms with E-state index in [-0.39, 0.29) is 0 Å². The minimum absolute atomic E-state index is 0.324. The number of morpholine rings is 1.